The van der Waals surface area contributed by atoms with Gasteiger partial charge in [-0.25, -0.2) is 9.97 Å². The fraction of sp³-hybridized carbons (Fsp3) is 0.231. The normalized spacial score (nSPS) is 10.5. The van der Waals surface area contributed by atoms with Gasteiger partial charge in [-0.15, -0.1) is 0 Å². The fourth-order valence-electron chi connectivity index (χ4n) is 1.67. The minimum Gasteiger partial charge on any atom is -0.316 e. The molecule has 88 valence electrons. The predicted molar refractivity (Wildman–Crippen MR) is 72.7 cm³/mol. The number of nitrogens with zero attached hydrogens (tertiary/aromatic N) is 2. The molecule has 1 heterocycles. The number of nitrogens with one attached hydrogen (secondary N) is 1. The van der Waals surface area contributed by atoms with Gasteiger partial charge in [-0.1, -0.05) is 15.9 Å². The summed E-state index contributed by atoms with van der Waals surface area (Å²) < 4.78 is 1.07. The van der Waals surface area contributed by atoms with Crippen molar-refractivity contribution in [3.63, 3.8) is 0 Å². The van der Waals surface area contributed by atoms with Gasteiger partial charge in [-0.3, -0.25) is 0 Å². The second kappa shape index (κ2) is 5.38. The Kier molecular flexibility index (Phi) is 3.86. The van der Waals surface area contributed by atoms with Gasteiger partial charge in [0.1, 0.15) is 0 Å². The minimum atomic E-state index is 0.773. The second-order valence-electron chi connectivity index (χ2n) is 3.90. The smallest absolute Gasteiger partial charge is 0.159 e. The van der Waals surface area contributed by atoms with Crippen molar-refractivity contribution in [2.45, 2.75) is 13.5 Å². The van der Waals surface area contributed by atoms with Gasteiger partial charge in [0, 0.05) is 34.5 Å². The molecule has 0 saturated carbocycles. The van der Waals surface area contributed by atoms with Crippen molar-refractivity contribution in [2.75, 3.05) is 7.05 Å². The first-order valence-corrected chi connectivity index (χ1v) is 6.22. The molecule has 4 heteroatoms. The molecule has 3 nitrogen and oxygen atoms in total. The van der Waals surface area contributed by atoms with Crippen LogP contribution in [0.1, 0.15) is 11.1 Å². The maximum Gasteiger partial charge on any atom is 0.159 e. The van der Waals surface area contributed by atoms with E-state index in [2.05, 4.69) is 44.2 Å². The zero-order valence-electron chi connectivity index (χ0n) is 9.87. The van der Waals surface area contributed by atoms with Crippen molar-refractivity contribution < 1.29 is 0 Å². The van der Waals surface area contributed by atoms with E-state index in [1.807, 2.05) is 31.6 Å². The van der Waals surface area contributed by atoms with E-state index in [0.717, 1.165) is 28.0 Å². The highest BCUT2D eigenvalue weighted by Crippen LogP contribution is 2.23. The summed E-state index contributed by atoms with van der Waals surface area (Å²) in [7, 11) is 1.91. The van der Waals surface area contributed by atoms with E-state index < -0.39 is 0 Å². The lowest BCUT2D eigenvalue weighted by Crippen LogP contribution is -2.06. The van der Waals surface area contributed by atoms with E-state index in [-0.39, 0.29) is 0 Å². The first kappa shape index (κ1) is 12.2. The van der Waals surface area contributed by atoms with E-state index in [1.165, 1.54) is 5.56 Å². The molecule has 0 fully saturated rings. The Labute approximate surface area is 109 Å². The molecule has 0 spiro atoms. The lowest BCUT2D eigenvalue weighted by molar-refractivity contribution is 0.807. The molecular weight excluding hydrogens is 278 g/mol. The highest BCUT2D eigenvalue weighted by molar-refractivity contribution is 9.10. The van der Waals surface area contributed by atoms with Gasteiger partial charge in [0.05, 0.1) is 0 Å². The summed E-state index contributed by atoms with van der Waals surface area (Å²) in [4.78, 5) is 8.78. The van der Waals surface area contributed by atoms with Crippen molar-refractivity contribution in [3.05, 3.63) is 46.2 Å². The van der Waals surface area contributed by atoms with Gasteiger partial charge in [0.2, 0.25) is 0 Å². The largest absolute Gasteiger partial charge is 0.316 e. The molecule has 0 aliphatic carbocycles. The molecule has 0 aliphatic rings. The molecule has 0 bridgehead atoms. The number of benzene rings is 1. The highest BCUT2D eigenvalue weighted by Gasteiger charge is 2.05. The van der Waals surface area contributed by atoms with Gasteiger partial charge in [-0.2, -0.15) is 0 Å². The van der Waals surface area contributed by atoms with Crippen LogP contribution in [0.2, 0.25) is 0 Å². The van der Waals surface area contributed by atoms with Gasteiger partial charge < -0.3 is 5.32 Å². The summed E-state index contributed by atoms with van der Waals surface area (Å²) in [6.07, 6.45) is 3.72. The van der Waals surface area contributed by atoms with Crippen LogP contribution in [0.25, 0.3) is 11.4 Å². The highest BCUT2D eigenvalue weighted by atomic mass is 79.9. The van der Waals surface area contributed by atoms with E-state index in [4.69, 9.17) is 0 Å². The molecule has 0 aliphatic heterocycles. The monoisotopic (exact) mass is 291 g/mol. The first-order valence-electron chi connectivity index (χ1n) is 5.43. The summed E-state index contributed by atoms with van der Waals surface area (Å²) in [6.45, 7) is 2.85. The van der Waals surface area contributed by atoms with E-state index in [9.17, 15) is 0 Å². The fourth-order valence-corrected chi connectivity index (χ4v) is 2.14. The van der Waals surface area contributed by atoms with Gasteiger partial charge >= 0.3 is 0 Å². The minimum absolute atomic E-state index is 0.773. The molecule has 1 aromatic carbocycles. The topological polar surface area (TPSA) is 37.8 Å². The molecule has 1 N–H and O–H groups in total. The van der Waals surface area contributed by atoms with E-state index in [0.29, 0.717) is 0 Å². The Hall–Kier alpha value is -1.26. The molecule has 0 radical (unpaired) electrons. The molecule has 0 amide bonds. The van der Waals surface area contributed by atoms with E-state index in [1.54, 1.807) is 0 Å². The summed E-state index contributed by atoms with van der Waals surface area (Å²) in [5, 5.41) is 3.08. The van der Waals surface area contributed by atoms with Crippen LogP contribution in [-0.2, 0) is 6.54 Å². The lowest BCUT2D eigenvalue weighted by atomic mass is 10.1. The molecule has 2 rings (SSSR count). The van der Waals surface area contributed by atoms with Gasteiger partial charge in [0.15, 0.2) is 5.82 Å². The predicted octanol–water partition coefficient (Wildman–Crippen LogP) is 2.93. The third-order valence-electron chi connectivity index (χ3n) is 2.52. The maximum atomic E-state index is 4.39. The molecule has 17 heavy (non-hydrogen) atoms. The summed E-state index contributed by atoms with van der Waals surface area (Å²) in [5.41, 5.74) is 3.33. The zero-order chi connectivity index (χ0) is 12.3. The zero-order valence-corrected chi connectivity index (χ0v) is 11.5. The Morgan fingerprint density at radius 2 is 1.94 bits per heavy atom. The van der Waals surface area contributed by atoms with Crippen molar-refractivity contribution in [3.8, 4) is 11.4 Å². The quantitative estimate of drug-likeness (QED) is 0.945. The van der Waals surface area contributed by atoms with Crippen LogP contribution in [-0.4, -0.2) is 17.0 Å². The van der Waals surface area contributed by atoms with Gasteiger partial charge in [-0.05, 0) is 37.7 Å². The van der Waals surface area contributed by atoms with Crippen LogP contribution in [0, 0.1) is 6.92 Å². The lowest BCUT2D eigenvalue weighted by Gasteiger charge is -2.05. The molecule has 1 aromatic heterocycles. The average molecular weight is 292 g/mol. The van der Waals surface area contributed by atoms with Crippen LogP contribution in [0.3, 0.4) is 0 Å². The van der Waals surface area contributed by atoms with Crippen molar-refractivity contribution in [1.82, 2.24) is 15.3 Å². The van der Waals surface area contributed by atoms with Crippen LogP contribution in [0.15, 0.2) is 35.1 Å². The number of halogens is 1. The Bertz CT molecular complexity index is 509. The summed E-state index contributed by atoms with van der Waals surface area (Å²) >= 11 is 3.45. The van der Waals surface area contributed by atoms with Crippen molar-refractivity contribution >= 4 is 15.9 Å². The standard InChI is InChI=1S/C13H14BrN3/c1-9-5-11(14)3-4-12(9)13-16-7-10(6-15-2)8-17-13/h3-5,7-8,15H,6H2,1-2H3. The number of rotatable bonds is 3. The van der Waals surface area contributed by atoms with Crippen LogP contribution in [0.4, 0.5) is 0 Å². The van der Waals surface area contributed by atoms with Crippen molar-refractivity contribution in [2.24, 2.45) is 0 Å². The van der Waals surface area contributed by atoms with Gasteiger partial charge in [0.25, 0.3) is 0 Å². The van der Waals surface area contributed by atoms with Crippen LogP contribution < -0.4 is 5.32 Å². The number of aryl methyl sites for hydroxylation is 1. The molecular formula is C13H14BrN3. The molecule has 0 unspecified atom stereocenters. The summed E-state index contributed by atoms with van der Waals surface area (Å²) in [5.74, 6) is 0.773. The number of aromatic nitrogens is 2. The SMILES string of the molecule is CNCc1cnc(-c2ccc(Br)cc2C)nc1. The van der Waals surface area contributed by atoms with Crippen LogP contribution >= 0.6 is 15.9 Å². The molecule has 2 aromatic rings. The van der Waals surface area contributed by atoms with Crippen LogP contribution in [0.5, 0.6) is 0 Å². The number of hydrogen-bond acceptors (Lipinski definition) is 3. The number of hydrogen-bond donors (Lipinski definition) is 1. The van der Waals surface area contributed by atoms with Crippen molar-refractivity contribution in [1.29, 1.82) is 0 Å². The van der Waals surface area contributed by atoms with E-state index >= 15 is 0 Å². The Morgan fingerprint density at radius 1 is 1.24 bits per heavy atom. The third kappa shape index (κ3) is 2.90. The average Bonchev–Trinajstić information content (AvgIpc) is 2.31. The Balaban J connectivity index is 2.33. The molecule has 0 saturated heterocycles. The summed E-state index contributed by atoms with van der Waals surface area (Å²) in [6, 6.07) is 6.11. The third-order valence-corrected chi connectivity index (χ3v) is 3.01. The Morgan fingerprint density at radius 3 is 2.53 bits per heavy atom. The first-order chi connectivity index (χ1) is 8.20. The maximum absolute atomic E-state index is 4.39. The second-order valence-corrected chi connectivity index (χ2v) is 4.82. The molecule has 0 atom stereocenters.